The first-order valence-corrected chi connectivity index (χ1v) is 7.96. The lowest BCUT2D eigenvalue weighted by atomic mass is 10.1. The molecular formula is C19H20FN3O2. The Bertz CT molecular complexity index is 886. The molecule has 0 amide bonds. The number of hydrogen-bond acceptors (Lipinski definition) is 5. The number of nitrogens with two attached hydrogens (primary N) is 1. The number of benzene rings is 2. The van der Waals surface area contributed by atoms with E-state index in [2.05, 4.69) is 10.3 Å². The third kappa shape index (κ3) is 3.80. The van der Waals surface area contributed by atoms with Gasteiger partial charge in [0.2, 0.25) is 0 Å². The number of halogens is 1. The molecule has 1 heterocycles. The van der Waals surface area contributed by atoms with Crippen molar-refractivity contribution < 1.29 is 14.2 Å². The summed E-state index contributed by atoms with van der Waals surface area (Å²) in [6.45, 7) is -1.01. The molecule has 0 aliphatic heterocycles. The molecule has 0 fully saturated rings. The molecular weight excluding hydrogens is 321 g/mol. The lowest BCUT2D eigenvalue weighted by Crippen LogP contribution is -2.19. The number of aromatic nitrogens is 1. The van der Waals surface area contributed by atoms with Crippen molar-refractivity contribution in [3.8, 4) is 17.0 Å². The van der Waals surface area contributed by atoms with E-state index in [-0.39, 0.29) is 6.61 Å². The molecule has 4 N–H and O–H groups in total. The number of nitrogens with zero attached hydrogens (tertiary/aromatic N) is 1. The topological polar surface area (TPSA) is 80.4 Å². The van der Waals surface area contributed by atoms with Crippen molar-refractivity contribution in [2.75, 3.05) is 31.4 Å². The lowest BCUT2D eigenvalue weighted by Gasteiger charge is -2.13. The first kappa shape index (κ1) is 17.0. The summed E-state index contributed by atoms with van der Waals surface area (Å²) in [5.41, 5.74) is 9.83. The van der Waals surface area contributed by atoms with Crippen LogP contribution in [0.4, 0.5) is 15.8 Å². The molecule has 130 valence electrons. The fraction of sp³-hybridized carbons (Fsp3) is 0.211. The summed E-state index contributed by atoms with van der Waals surface area (Å²) >= 11 is 0. The van der Waals surface area contributed by atoms with Crippen LogP contribution in [0, 0.1) is 0 Å². The Morgan fingerprint density at radius 3 is 2.80 bits per heavy atom. The minimum absolute atomic E-state index is 0.151. The van der Waals surface area contributed by atoms with Crippen LogP contribution in [0.1, 0.15) is 0 Å². The normalized spacial score (nSPS) is 12.1. The number of fused-ring (bicyclic) bond motifs is 1. The molecule has 0 aliphatic rings. The summed E-state index contributed by atoms with van der Waals surface area (Å²) in [5, 5.41) is 13.4. The zero-order chi connectivity index (χ0) is 17.8. The fourth-order valence-electron chi connectivity index (χ4n) is 2.49. The molecule has 0 spiro atoms. The molecule has 1 atom stereocenters. The monoisotopic (exact) mass is 341 g/mol. The lowest BCUT2D eigenvalue weighted by molar-refractivity contribution is 0.0845. The van der Waals surface area contributed by atoms with Crippen LogP contribution in [-0.2, 0) is 0 Å². The van der Waals surface area contributed by atoms with Crippen LogP contribution < -0.4 is 15.8 Å². The summed E-state index contributed by atoms with van der Waals surface area (Å²) in [6.07, 6.45) is -1.16. The second-order valence-corrected chi connectivity index (χ2v) is 5.73. The SMILES string of the molecule is CNc1ccc2nc(-c3ccc(N)c(OCC(O)CF)c3)ccc2c1. The summed E-state index contributed by atoms with van der Waals surface area (Å²) in [5.74, 6) is 0.400. The van der Waals surface area contributed by atoms with E-state index in [1.807, 2.05) is 43.4 Å². The first-order valence-electron chi connectivity index (χ1n) is 7.96. The third-order valence-electron chi connectivity index (χ3n) is 3.90. The average Bonchev–Trinajstić information content (AvgIpc) is 2.66. The number of nitrogens with one attached hydrogen (secondary N) is 1. The van der Waals surface area contributed by atoms with Gasteiger partial charge in [-0.15, -0.1) is 0 Å². The molecule has 1 aromatic heterocycles. The maximum absolute atomic E-state index is 12.4. The van der Waals surface area contributed by atoms with Crippen molar-refractivity contribution in [2.24, 2.45) is 0 Å². The number of ether oxygens (including phenoxy) is 1. The van der Waals surface area contributed by atoms with Gasteiger partial charge in [0.05, 0.1) is 16.9 Å². The second-order valence-electron chi connectivity index (χ2n) is 5.73. The maximum Gasteiger partial charge on any atom is 0.142 e. The molecule has 0 radical (unpaired) electrons. The molecule has 25 heavy (non-hydrogen) atoms. The van der Waals surface area contributed by atoms with Crippen molar-refractivity contribution in [2.45, 2.75) is 6.10 Å². The number of alkyl halides is 1. The van der Waals surface area contributed by atoms with Gasteiger partial charge in [-0.2, -0.15) is 0 Å². The maximum atomic E-state index is 12.4. The van der Waals surface area contributed by atoms with Crippen LogP contribution in [0.15, 0.2) is 48.5 Å². The van der Waals surface area contributed by atoms with E-state index in [1.165, 1.54) is 0 Å². The molecule has 6 heteroatoms. The Morgan fingerprint density at radius 2 is 2.04 bits per heavy atom. The number of anilines is 2. The van der Waals surface area contributed by atoms with E-state index < -0.39 is 12.8 Å². The van der Waals surface area contributed by atoms with Crippen LogP contribution >= 0.6 is 0 Å². The number of pyridine rings is 1. The molecule has 0 saturated carbocycles. The van der Waals surface area contributed by atoms with Crippen LogP contribution in [-0.4, -0.2) is 36.5 Å². The number of hydrogen-bond donors (Lipinski definition) is 3. The van der Waals surface area contributed by atoms with E-state index in [0.717, 1.165) is 27.8 Å². The highest BCUT2D eigenvalue weighted by Crippen LogP contribution is 2.29. The Hall–Kier alpha value is -2.86. The van der Waals surface area contributed by atoms with Gasteiger partial charge >= 0.3 is 0 Å². The molecule has 0 bridgehead atoms. The van der Waals surface area contributed by atoms with Crippen molar-refractivity contribution in [1.82, 2.24) is 4.98 Å². The predicted molar refractivity (Wildman–Crippen MR) is 98.6 cm³/mol. The molecule has 0 saturated heterocycles. The van der Waals surface area contributed by atoms with Gasteiger partial charge in [-0.25, -0.2) is 9.37 Å². The van der Waals surface area contributed by atoms with E-state index in [4.69, 9.17) is 10.5 Å². The van der Waals surface area contributed by atoms with Gasteiger partial charge in [0.15, 0.2) is 0 Å². The Kier molecular flexibility index (Phi) is 5.00. The second kappa shape index (κ2) is 7.36. The Morgan fingerprint density at radius 1 is 1.20 bits per heavy atom. The zero-order valence-corrected chi connectivity index (χ0v) is 13.9. The quantitative estimate of drug-likeness (QED) is 0.600. The van der Waals surface area contributed by atoms with Gasteiger partial charge in [-0.1, -0.05) is 12.1 Å². The standard InChI is InChI=1S/C19H20FN3O2/c1-22-14-4-7-18-12(8-14)3-6-17(23-18)13-2-5-16(21)19(9-13)25-11-15(24)10-20/h2-9,15,22,24H,10-11,21H2,1H3. The van der Waals surface area contributed by atoms with Gasteiger partial charge in [-0.3, -0.25) is 0 Å². The molecule has 3 aromatic rings. The largest absolute Gasteiger partial charge is 0.489 e. The van der Waals surface area contributed by atoms with Crippen molar-refractivity contribution in [1.29, 1.82) is 0 Å². The van der Waals surface area contributed by atoms with Crippen LogP contribution in [0.2, 0.25) is 0 Å². The zero-order valence-electron chi connectivity index (χ0n) is 13.9. The highest BCUT2D eigenvalue weighted by molar-refractivity contribution is 5.85. The fourth-order valence-corrected chi connectivity index (χ4v) is 2.49. The van der Waals surface area contributed by atoms with Crippen LogP contribution in [0.5, 0.6) is 5.75 Å². The average molecular weight is 341 g/mol. The van der Waals surface area contributed by atoms with Crippen LogP contribution in [0.3, 0.4) is 0 Å². The number of nitrogen functional groups attached to an aromatic ring is 1. The molecule has 1 unspecified atom stereocenters. The highest BCUT2D eigenvalue weighted by atomic mass is 19.1. The van der Waals surface area contributed by atoms with Gasteiger partial charge in [0.1, 0.15) is 25.1 Å². The van der Waals surface area contributed by atoms with Crippen LogP contribution in [0.25, 0.3) is 22.2 Å². The molecule has 3 rings (SSSR count). The summed E-state index contributed by atoms with van der Waals surface area (Å²) < 4.78 is 17.8. The molecule has 0 aliphatic carbocycles. The Labute approximate surface area is 145 Å². The highest BCUT2D eigenvalue weighted by Gasteiger charge is 2.09. The molecule has 2 aromatic carbocycles. The van der Waals surface area contributed by atoms with Gasteiger partial charge in [0, 0.05) is 23.7 Å². The van der Waals surface area contributed by atoms with E-state index in [0.29, 0.717) is 11.4 Å². The summed E-state index contributed by atoms with van der Waals surface area (Å²) in [7, 11) is 1.87. The first-order chi connectivity index (χ1) is 12.1. The van der Waals surface area contributed by atoms with Crippen molar-refractivity contribution in [3.05, 3.63) is 48.5 Å². The predicted octanol–water partition coefficient (Wildman–Crippen LogP) is 3.23. The number of aliphatic hydroxyl groups is 1. The number of aliphatic hydroxyl groups excluding tert-OH is 1. The van der Waals surface area contributed by atoms with Gasteiger partial charge in [-0.05, 0) is 36.4 Å². The van der Waals surface area contributed by atoms with Gasteiger partial charge < -0.3 is 20.9 Å². The third-order valence-corrected chi connectivity index (χ3v) is 3.90. The van der Waals surface area contributed by atoms with E-state index in [9.17, 15) is 9.50 Å². The van der Waals surface area contributed by atoms with Crippen molar-refractivity contribution >= 4 is 22.3 Å². The van der Waals surface area contributed by atoms with Gasteiger partial charge in [0.25, 0.3) is 0 Å². The summed E-state index contributed by atoms with van der Waals surface area (Å²) in [4.78, 5) is 4.67. The summed E-state index contributed by atoms with van der Waals surface area (Å²) in [6, 6.07) is 15.2. The van der Waals surface area contributed by atoms with Crippen molar-refractivity contribution in [3.63, 3.8) is 0 Å². The number of rotatable bonds is 6. The molecule has 5 nitrogen and oxygen atoms in total. The minimum Gasteiger partial charge on any atom is -0.489 e. The smallest absolute Gasteiger partial charge is 0.142 e. The van der Waals surface area contributed by atoms with E-state index >= 15 is 0 Å². The minimum atomic E-state index is -1.16. The Balaban J connectivity index is 1.91. The van der Waals surface area contributed by atoms with E-state index in [1.54, 1.807) is 12.1 Å².